The monoisotopic (exact) mass is 233 g/mol. The van der Waals surface area contributed by atoms with Crippen molar-refractivity contribution in [2.24, 2.45) is 0 Å². The van der Waals surface area contributed by atoms with Crippen LogP contribution in [0, 0.1) is 6.92 Å². The molecule has 0 aliphatic rings. The van der Waals surface area contributed by atoms with Gasteiger partial charge in [-0.15, -0.1) is 0 Å². The summed E-state index contributed by atoms with van der Waals surface area (Å²) >= 11 is 6.05. The molecule has 3 heteroatoms. The first-order valence-corrected chi connectivity index (χ1v) is 5.42. The molecule has 1 heterocycles. The smallest absolute Gasteiger partial charge is 0.132 e. The van der Waals surface area contributed by atoms with Crippen LogP contribution < -0.4 is 4.74 Å². The summed E-state index contributed by atoms with van der Waals surface area (Å²) in [6, 6.07) is 11.5. The fourth-order valence-electron chi connectivity index (χ4n) is 1.34. The number of para-hydroxylation sites is 1. The number of halogens is 1. The summed E-state index contributed by atoms with van der Waals surface area (Å²) in [5.41, 5.74) is 1.81. The van der Waals surface area contributed by atoms with Crippen LogP contribution in [0.4, 0.5) is 0 Å². The summed E-state index contributed by atoms with van der Waals surface area (Å²) in [6.07, 6.45) is 1.79. The highest BCUT2D eigenvalue weighted by Gasteiger charge is 2.02. The van der Waals surface area contributed by atoms with Crippen LogP contribution in [0.1, 0.15) is 11.3 Å². The van der Waals surface area contributed by atoms with Gasteiger partial charge >= 0.3 is 0 Å². The van der Waals surface area contributed by atoms with Gasteiger partial charge in [-0.1, -0.05) is 29.8 Å². The maximum Gasteiger partial charge on any atom is 0.132 e. The van der Waals surface area contributed by atoms with Gasteiger partial charge in [0.05, 0.1) is 10.7 Å². The van der Waals surface area contributed by atoms with Crippen LogP contribution in [-0.4, -0.2) is 4.98 Å². The standard InChI is InChI=1S/C13H12ClNO/c1-10-7-12(14)13(15-8-10)9-16-11-5-3-2-4-6-11/h2-8H,9H2,1H3. The van der Waals surface area contributed by atoms with E-state index in [1.54, 1.807) is 6.20 Å². The van der Waals surface area contributed by atoms with E-state index < -0.39 is 0 Å². The highest BCUT2D eigenvalue weighted by atomic mass is 35.5. The summed E-state index contributed by atoms with van der Waals surface area (Å²) < 4.78 is 5.57. The first-order valence-electron chi connectivity index (χ1n) is 5.04. The third kappa shape index (κ3) is 2.74. The van der Waals surface area contributed by atoms with Crippen LogP contribution >= 0.6 is 11.6 Å². The summed E-state index contributed by atoms with van der Waals surface area (Å²) in [5, 5.41) is 0.649. The molecule has 0 unspecified atom stereocenters. The lowest BCUT2D eigenvalue weighted by Crippen LogP contribution is -1.99. The van der Waals surface area contributed by atoms with E-state index in [9.17, 15) is 0 Å². The molecular formula is C13H12ClNO. The number of benzene rings is 1. The van der Waals surface area contributed by atoms with Crippen molar-refractivity contribution in [1.82, 2.24) is 4.98 Å². The van der Waals surface area contributed by atoms with Crippen molar-refractivity contribution < 1.29 is 4.74 Å². The zero-order chi connectivity index (χ0) is 11.4. The first kappa shape index (κ1) is 11.0. The quantitative estimate of drug-likeness (QED) is 0.808. The molecule has 1 aromatic heterocycles. The number of aryl methyl sites for hydroxylation is 1. The van der Waals surface area contributed by atoms with Gasteiger partial charge in [0.15, 0.2) is 0 Å². The Morgan fingerprint density at radius 1 is 1.25 bits per heavy atom. The largest absolute Gasteiger partial charge is 0.487 e. The molecule has 0 saturated carbocycles. The number of ether oxygens (including phenoxy) is 1. The molecule has 0 aliphatic carbocycles. The number of pyridine rings is 1. The number of hydrogen-bond acceptors (Lipinski definition) is 2. The van der Waals surface area contributed by atoms with E-state index in [4.69, 9.17) is 16.3 Å². The van der Waals surface area contributed by atoms with Crippen molar-refractivity contribution in [3.8, 4) is 5.75 Å². The Balaban J connectivity index is 2.05. The molecule has 1 aromatic carbocycles. The zero-order valence-electron chi connectivity index (χ0n) is 8.98. The average Bonchev–Trinajstić information content (AvgIpc) is 2.29. The van der Waals surface area contributed by atoms with Gasteiger partial charge < -0.3 is 4.74 Å². The summed E-state index contributed by atoms with van der Waals surface area (Å²) in [7, 11) is 0. The molecule has 82 valence electrons. The third-order valence-electron chi connectivity index (χ3n) is 2.17. The molecule has 16 heavy (non-hydrogen) atoms. The maximum atomic E-state index is 6.05. The van der Waals surface area contributed by atoms with E-state index in [2.05, 4.69) is 4.98 Å². The summed E-state index contributed by atoms with van der Waals surface area (Å²) in [5.74, 6) is 0.820. The zero-order valence-corrected chi connectivity index (χ0v) is 9.74. The molecule has 0 saturated heterocycles. The molecule has 0 N–H and O–H groups in total. The molecule has 0 radical (unpaired) electrons. The number of nitrogens with zero attached hydrogens (tertiary/aromatic N) is 1. The highest BCUT2D eigenvalue weighted by molar-refractivity contribution is 6.31. The minimum absolute atomic E-state index is 0.392. The number of rotatable bonds is 3. The van der Waals surface area contributed by atoms with Crippen molar-refractivity contribution in [2.75, 3.05) is 0 Å². The van der Waals surface area contributed by atoms with Crippen molar-refractivity contribution in [3.63, 3.8) is 0 Å². The molecule has 0 spiro atoms. The minimum Gasteiger partial charge on any atom is -0.487 e. The highest BCUT2D eigenvalue weighted by Crippen LogP contribution is 2.17. The van der Waals surface area contributed by atoms with Gasteiger partial charge in [-0.05, 0) is 30.7 Å². The second-order valence-corrected chi connectivity index (χ2v) is 3.95. The van der Waals surface area contributed by atoms with E-state index in [1.165, 1.54) is 0 Å². The molecule has 0 aliphatic heterocycles. The molecule has 2 aromatic rings. The Kier molecular flexibility index (Phi) is 3.42. The van der Waals surface area contributed by atoms with Gasteiger partial charge in [0, 0.05) is 6.20 Å². The second kappa shape index (κ2) is 4.99. The van der Waals surface area contributed by atoms with Gasteiger partial charge in [-0.3, -0.25) is 4.98 Å². The predicted molar refractivity (Wildman–Crippen MR) is 64.8 cm³/mol. The van der Waals surface area contributed by atoms with Gasteiger partial charge in [0.2, 0.25) is 0 Å². The Bertz CT molecular complexity index is 471. The van der Waals surface area contributed by atoms with E-state index >= 15 is 0 Å². The number of aromatic nitrogens is 1. The topological polar surface area (TPSA) is 22.1 Å². The molecule has 0 amide bonds. The van der Waals surface area contributed by atoms with Gasteiger partial charge in [0.25, 0.3) is 0 Å². The second-order valence-electron chi connectivity index (χ2n) is 3.54. The lowest BCUT2D eigenvalue weighted by molar-refractivity contribution is 0.301. The Morgan fingerprint density at radius 2 is 2.00 bits per heavy atom. The maximum absolute atomic E-state index is 6.05. The average molecular weight is 234 g/mol. The minimum atomic E-state index is 0.392. The van der Waals surface area contributed by atoms with Crippen molar-refractivity contribution >= 4 is 11.6 Å². The van der Waals surface area contributed by atoms with E-state index in [1.807, 2.05) is 43.3 Å². The number of hydrogen-bond donors (Lipinski definition) is 0. The summed E-state index contributed by atoms with van der Waals surface area (Å²) in [4.78, 5) is 4.24. The van der Waals surface area contributed by atoms with Crippen molar-refractivity contribution in [2.45, 2.75) is 13.5 Å². The van der Waals surface area contributed by atoms with E-state index in [-0.39, 0.29) is 0 Å². The molecule has 0 atom stereocenters. The fourth-order valence-corrected chi connectivity index (χ4v) is 1.61. The molecular weight excluding hydrogens is 222 g/mol. The summed E-state index contributed by atoms with van der Waals surface area (Å²) in [6.45, 7) is 2.35. The van der Waals surface area contributed by atoms with Crippen LogP contribution in [0.5, 0.6) is 5.75 Å². The van der Waals surface area contributed by atoms with Crippen LogP contribution in [-0.2, 0) is 6.61 Å². The lowest BCUT2D eigenvalue weighted by Gasteiger charge is -2.07. The third-order valence-corrected chi connectivity index (χ3v) is 2.50. The van der Waals surface area contributed by atoms with Crippen molar-refractivity contribution in [3.05, 3.63) is 58.9 Å². The molecule has 2 nitrogen and oxygen atoms in total. The van der Waals surface area contributed by atoms with Gasteiger partial charge in [-0.25, -0.2) is 0 Å². The van der Waals surface area contributed by atoms with E-state index in [0.29, 0.717) is 11.6 Å². The molecule has 0 fully saturated rings. The van der Waals surface area contributed by atoms with Gasteiger partial charge in [0.1, 0.15) is 12.4 Å². The van der Waals surface area contributed by atoms with Gasteiger partial charge in [-0.2, -0.15) is 0 Å². The normalized spacial score (nSPS) is 10.1. The Labute approximate surface area is 99.9 Å². The Hall–Kier alpha value is -1.54. The van der Waals surface area contributed by atoms with Crippen LogP contribution in [0.2, 0.25) is 5.02 Å². The first-order chi connectivity index (χ1) is 7.75. The Morgan fingerprint density at radius 3 is 2.69 bits per heavy atom. The SMILES string of the molecule is Cc1cnc(COc2ccccc2)c(Cl)c1. The van der Waals surface area contributed by atoms with E-state index in [0.717, 1.165) is 17.0 Å². The molecule has 0 bridgehead atoms. The van der Waals surface area contributed by atoms with Crippen LogP contribution in [0.3, 0.4) is 0 Å². The fraction of sp³-hybridized carbons (Fsp3) is 0.154. The van der Waals surface area contributed by atoms with Crippen LogP contribution in [0.15, 0.2) is 42.6 Å². The van der Waals surface area contributed by atoms with Crippen molar-refractivity contribution in [1.29, 1.82) is 0 Å². The lowest BCUT2D eigenvalue weighted by atomic mass is 10.3. The molecule has 2 rings (SSSR count). The van der Waals surface area contributed by atoms with Crippen LogP contribution in [0.25, 0.3) is 0 Å². The predicted octanol–water partition coefficient (Wildman–Crippen LogP) is 3.62.